The molecule has 1 aliphatic heterocycles. The lowest BCUT2D eigenvalue weighted by molar-refractivity contribution is 0.138. The first kappa shape index (κ1) is 13.9. The average molecular weight is 264 g/mol. The van der Waals surface area contributed by atoms with Gasteiger partial charge in [-0.1, -0.05) is 25.1 Å². The number of benzene rings is 1. The quantitative estimate of drug-likeness (QED) is 0.730. The molecule has 0 unspecified atom stereocenters. The predicted octanol–water partition coefficient (Wildman–Crippen LogP) is 2.81. The van der Waals surface area contributed by atoms with Crippen LogP contribution in [0.5, 0.6) is 0 Å². The zero-order valence-electron chi connectivity index (χ0n) is 11.3. The fourth-order valence-electron chi connectivity index (χ4n) is 2.36. The molecule has 2 rings (SSSR count). The Labute approximate surface area is 115 Å². The zero-order chi connectivity index (χ0) is 12.6. The maximum atomic E-state index is 2.60. The van der Waals surface area contributed by atoms with Crippen LogP contribution in [0.2, 0.25) is 0 Å². The molecule has 0 aromatic heterocycles. The topological polar surface area (TPSA) is 6.48 Å². The molecule has 1 saturated heterocycles. The molecule has 2 nitrogen and oxygen atoms in total. The Bertz CT molecular complexity index is 321. The van der Waals surface area contributed by atoms with Gasteiger partial charge in [0.2, 0.25) is 0 Å². The van der Waals surface area contributed by atoms with E-state index in [1.54, 1.807) is 0 Å². The van der Waals surface area contributed by atoms with Gasteiger partial charge in [-0.2, -0.15) is 0 Å². The number of rotatable bonds is 6. The first-order valence-electron chi connectivity index (χ1n) is 7.01. The van der Waals surface area contributed by atoms with Crippen molar-refractivity contribution >= 4 is 11.8 Å². The third-order valence-electron chi connectivity index (χ3n) is 3.42. The molecule has 1 fully saturated rings. The summed E-state index contributed by atoms with van der Waals surface area (Å²) in [6.45, 7) is 9.76. The maximum Gasteiger partial charge on any atom is 0.0110 e. The lowest BCUT2D eigenvalue weighted by Gasteiger charge is -2.34. The summed E-state index contributed by atoms with van der Waals surface area (Å²) in [6, 6.07) is 10.7. The monoisotopic (exact) mass is 264 g/mol. The third-order valence-corrected chi connectivity index (χ3v) is 4.42. The number of piperazine rings is 1. The Morgan fingerprint density at radius 3 is 2.17 bits per heavy atom. The van der Waals surface area contributed by atoms with Crippen molar-refractivity contribution in [2.45, 2.75) is 18.2 Å². The Hall–Kier alpha value is -0.510. The largest absolute Gasteiger partial charge is 0.301 e. The van der Waals surface area contributed by atoms with Gasteiger partial charge in [-0.05, 0) is 25.1 Å². The van der Waals surface area contributed by atoms with Crippen LogP contribution in [0.1, 0.15) is 13.3 Å². The van der Waals surface area contributed by atoms with Gasteiger partial charge in [0, 0.05) is 43.4 Å². The fraction of sp³-hybridized carbons (Fsp3) is 0.600. The molecular formula is C15H24N2S. The Balaban J connectivity index is 1.61. The molecule has 0 radical (unpaired) electrons. The first-order valence-corrected chi connectivity index (χ1v) is 7.99. The van der Waals surface area contributed by atoms with Gasteiger partial charge in [-0.15, -0.1) is 11.8 Å². The van der Waals surface area contributed by atoms with E-state index in [2.05, 4.69) is 47.1 Å². The van der Waals surface area contributed by atoms with Crippen molar-refractivity contribution in [3.8, 4) is 0 Å². The number of thioether (sulfide) groups is 1. The van der Waals surface area contributed by atoms with Crippen molar-refractivity contribution in [3.05, 3.63) is 30.3 Å². The molecule has 0 N–H and O–H groups in total. The molecule has 0 atom stereocenters. The summed E-state index contributed by atoms with van der Waals surface area (Å²) >= 11 is 1.97. The predicted molar refractivity (Wildman–Crippen MR) is 80.3 cm³/mol. The van der Waals surface area contributed by atoms with Gasteiger partial charge >= 0.3 is 0 Å². The lowest BCUT2D eigenvalue weighted by Crippen LogP contribution is -2.47. The standard InChI is InChI=1S/C15H24N2S/c1-2-8-16-9-11-17(12-10-16)13-14-18-15-6-4-3-5-7-15/h3-7H,2,8-14H2,1H3. The third kappa shape index (κ3) is 4.63. The molecule has 0 bridgehead atoms. The molecule has 100 valence electrons. The van der Waals surface area contributed by atoms with Gasteiger partial charge < -0.3 is 4.90 Å². The van der Waals surface area contributed by atoms with E-state index in [1.165, 1.54) is 56.3 Å². The van der Waals surface area contributed by atoms with E-state index in [4.69, 9.17) is 0 Å². The summed E-state index contributed by atoms with van der Waals surface area (Å²) in [5.74, 6) is 1.21. The van der Waals surface area contributed by atoms with Crippen LogP contribution in [0.4, 0.5) is 0 Å². The van der Waals surface area contributed by atoms with E-state index >= 15 is 0 Å². The maximum absolute atomic E-state index is 2.60. The smallest absolute Gasteiger partial charge is 0.0110 e. The van der Waals surface area contributed by atoms with Crippen LogP contribution in [-0.2, 0) is 0 Å². The molecule has 1 aliphatic rings. The van der Waals surface area contributed by atoms with Crippen molar-refractivity contribution in [1.82, 2.24) is 9.80 Å². The van der Waals surface area contributed by atoms with Crippen LogP contribution in [0, 0.1) is 0 Å². The van der Waals surface area contributed by atoms with Gasteiger partial charge in [0.25, 0.3) is 0 Å². The summed E-state index contributed by atoms with van der Waals surface area (Å²) in [6.07, 6.45) is 1.28. The molecule has 0 amide bonds. The van der Waals surface area contributed by atoms with Crippen LogP contribution in [0.3, 0.4) is 0 Å². The van der Waals surface area contributed by atoms with E-state index in [0.29, 0.717) is 0 Å². The Morgan fingerprint density at radius 1 is 0.944 bits per heavy atom. The molecule has 18 heavy (non-hydrogen) atoms. The second-order valence-electron chi connectivity index (χ2n) is 4.84. The minimum Gasteiger partial charge on any atom is -0.301 e. The minimum atomic E-state index is 1.21. The van der Waals surface area contributed by atoms with Crippen molar-refractivity contribution < 1.29 is 0 Å². The van der Waals surface area contributed by atoms with E-state index in [0.717, 1.165) is 0 Å². The normalized spacial score (nSPS) is 18.1. The summed E-state index contributed by atoms with van der Waals surface area (Å²) < 4.78 is 0. The molecule has 0 aliphatic carbocycles. The van der Waals surface area contributed by atoms with Gasteiger partial charge in [0.05, 0.1) is 0 Å². The van der Waals surface area contributed by atoms with Crippen molar-refractivity contribution in [2.24, 2.45) is 0 Å². The van der Waals surface area contributed by atoms with Crippen LogP contribution < -0.4 is 0 Å². The SMILES string of the molecule is CCCN1CCN(CCSc2ccccc2)CC1. The van der Waals surface area contributed by atoms with E-state index in [9.17, 15) is 0 Å². The van der Waals surface area contributed by atoms with Gasteiger partial charge in [-0.25, -0.2) is 0 Å². The average Bonchev–Trinajstić information content (AvgIpc) is 2.42. The highest BCUT2D eigenvalue weighted by molar-refractivity contribution is 7.99. The summed E-state index contributed by atoms with van der Waals surface area (Å²) in [5, 5.41) is 0. The molecule has 0 spiro atoms. The molecule has 1 heterocycles. The number of nitrogens with zero attached hydrogens (tertiary/aromatic N) is 2. The van der Waals surface area contributed by atoms with Gasteiger partial charge in [0.1, 0.15) is 0 Å². The van der Waals surface area contributed by atoms with E-state index in [-0.39, 0.29) is 0 Å². The molecular weight excluding hydrogens is 240 g/mol. The second-order valence-corrected chi connectivity index (χ2v) is 6.01. The highest BCUT2D eigenvalue weighted by atomic mass is 32.2. The molecule has 3 heteroatoms. The van der Waals surface area contributed by atoms with Crippen LogP contribution in [0.15, 0.2) is 35.2 Å². The van der Waals surface area contributed by atoms with E-state index in [1.807, 2.05) is 11.8 Å². The number of hydrogen-bond donors (Lipinski definition) is 0. The highest BCUT2D eigenvalue weighted by Gasteiger charge is 2.15. The van der Waals surface area contributed by atoms with Crippen molar-refractivity contribution in [3.63, 3.8) is 0 Å². The molecule has 1 aromatic rings. The van der Waals surface area contributed by atoms with Gasteiger partial charge in [-0.3, -0.25) is 4.90 Å². The van der Waals surface area contributed by atoms with Crippen molar-refractivity contribution in [2.75, 3.05) is 45.0 Å². The first-order chi connectivity index (χ1) is 8.88. The van der Waals surface area contributed by atoms with Gasteiger partial charge in [0.15, 0.2) is 0 Å². The zero-order valence-corrected chi connectivity index (χ0v) is 12.2. The van der Waals surface area contributed by atoms with Crippen LogP contribution in [0.25, 0.3) is 0 Å². The molecule has 1 aromatic carbocycles. The fourth-order valence-corrected chi connectivity index (χ4v) is 3.30. The number of hydrogen-bond acceptors (Lipinski definition) is 3. The summed E-state index contributed by atoms with van der Waals surface area (Å²) in [4.78, 5) is 6.57. The Morgan fingerprint density at radius 2 is 1.56 bits per heavy atom. The van der Waals surface area contributed by atoms with Crippen molar-refractivity contribution in [1.29, 1.82) is 0 Å². The lowest BCUT2D eigenvalue weighted by atomic mass is 10.3. The minimum absolute atomic E-state index is 1.21. The highest BCUT2D eigenvalue weighted by Crippen LogP contribution is 2.17. The Kier molecular flexibility index (Phi) is 6.05. The molecule has 0 saturated carbocycles. The van der Waals surface area contributed by atoms with Crippen LogP contribution >= 0.6 is 11.8 Å². The van der Waals surface area contributed by atoms with E-state index < -0.39 is 0 Å². The second kappa shape index (κ2) is 7.82. The summed E-state index contributed by atoms with van der Waals surface area (Å²) in [5.41, 5.74) is 0. The summed E-state index contributed by atoms with van der Waals surface area (Å²) in [7, 11) is 0. The van der Waals surface area contributed by atoms with Crippen LogP contribution in [-0.4, -0.2) is 54.8 Å².